The lowest BCUT2D eigenvalue weighted by Gasteiger charge is -2.17. The topological polar surface area (TPSA) is 66.2 Å². The van der Waals surface area contributed by atoms with Crippen molar-refractivity contribution in [1.82, 2.24) is 9.88 Å². The molecule has 1 aliphatic heterocycles. The van der Waals surface area contributed by atoms with Crippen LogP contribution in [0.2, 0.25) is 0 Å². The average Bonchev–Trinajstić information content (AvgIpc) is 3.05. The number of nitrogens with zero attached hydrogens (tertiary/aromatic N) is 3. The molecule has 2 aromatic rings. The first-order valence-electron chi connectivity index (χ1n) is 7.54. The summed E-state index contributed by atoms with van der Waals surface area (Å²) in [5, 5.41) is 8.80. The third-order valence-electron chi connectivity index (χ3n) is 3.86. The second kappa shape index (κ2) is 6.49. The molecule has 23 heavy (non-hydrogen) atoms. The van der Waals surface area contributed by atoms with E-state index in [1.165, 1.54) is 0 Å². The number of aryl methyl sites for hydroxylation is 1. The predicted octanol–water partition coefficient (Wildman–Crippen LogP) is 2.56. The minimum Gasteiger partial charge on any atom is -0.472 e. The number of nitriles is 1. The lowest BCUT2D eigenvalue weighted by atomic mass is 10.1. The zero-order valence-corrected chi connectivity index (χ0v) is 12.9. The Morgan fingerprint density at radius 3 is 2.74 bits per heavy atom. The van der Waals surface area contributed by atoms with Gasteiger partial charge >= 0.3 is 0 Å². The van der Waals surface area contributed by atoms with Crippen LogP contribution in [0.1, 0.15) is 27.9 Å². The van der Waals surface area contributed by atoms with Gasteiger partial charge < -0.3 is 9.64 Å². The Balaban J connectivity index is 1.61. The number of likely N-dealkylation sites (tertiary alicyclic amines) is 1. The lowest BCUT2D eigenvalue weighted by molar-refractivity contribution is 0.0771. The highest BCUT2D eigenvalue weighted by atomic mass is 16.5. The van der Waals surface area contributed by atoms with E-state index in [0.717, 1.165) is 12.0 Å². The molecule has 1 aliphatic rings. The lowest BCUT2D eigenvalue weighted by Crippen LogP contribution is -2.31. The second-order valence-corrected chi connectivity index (χ2v) is 5.64. The molecule has 0 aliphatic carbocycles. The van der Waals surface area contributed by atoms with E-state index in [-0.39, 0.29) is 12.0 Å². The molecule has 0 N–H and O–H groups in total. The fourth-order valence-corrected chi connectivity index (χ4v) is 2.57. The monoisotopic (exact) mass is 307 g/mol. The molecule has 3 rings (SSSR count). The van der Waals surface area contributed by atoms with Gasteiger partial charge in [-0.2, -0.15) is 5.26 Å². The van der Waals surface area contributed by atoms with Crippen LogP contribution in [-0.4, -0.2) is 35.0 Å². The number of benzene rings is 1. The van der Waals surface area contributed by atoms with Gasteiger partial charge in [-0.15, -0.1) is 0 Å². The number of carbonyl (C=O) groups is 1. The van der Waals surface area contributed by atoms with Crippen molar-refractivity contribution in [3.63, 3.8) is 0 Å². The van der Waals surface area contributed by atoms with Crippen LogP contribution < -0.4 is 4.74 Å². The highest BCUT2D eigenvalue weighted by Crippen LogP contribution is 2.19. The summed E-state index contributed by atoms with van der Waals surface area (Å²) in [6.45, 7) is 3.19. The molecule has 0 spiro atoms. The van der Waals surface area contributed by atoms with Crippen LogP contribution in [0.3, 0.4) is 0 Å². The molecule has 1 fully saturated rings. The number of pyridine rings is 1. The van der Waals surface area contributed by atoms with Crippen LogP contribution in [-0.2, 0) is 0 Å². The third-order valence-corrected chi connectivity index (χ3v) is 3.86. The quantitative estimate of drug-likeness (QED) is 0.874. The Morgan fingerprint density at radius 1 is 1.30 bits per heavy atom. The molecule has 1 unspecified atom stereocenters. The molecule has 0 bridgehead atoms. The maximum Gasteiger partial charge on any atom is 0.253 e. The molecule has 0 saturated carbocycles. The van der Waals surface area contributed by atoms with Crippen LogP contribution in [0.5, 0.6) is 5.88 Å². The van der Waals surface area contributed by atoms with E-state index in [1.807, 2.05) is 25.1 Å². The minimum absolute atomic E-state index is 0.0301. The zero-order valence-electron chi connectivity index (χ0n) is 12.9. The molecule has 2 heterocycles. The maximum atomic E-state index is 12.5. The van der Waals surface area contributed by atoms with E-state index in [1.54, 1.807) is 35.4 Å². The van der Waals surface area contributed by atoms with Crippen molar-refractivity contribution >= 4 is 5.91 Å². The largest absolute Gasteiger partial charge is 0.472 e. The average molecular weight is 307 g/mol. The van der Waals surface area contributed by atoms with Gasteiger partial charge in [0.2, 0.25) is 5.88 Å². The Kier molecular flexibility index (Phi) is 4.24. The summed E-state index contributed by atoms with van der Waals surface area (Å²) in [4.78, 5) is 18.5. The molecule has 1 saturated heterocycles. The second-order valence-electron chi connectivity index (χ2n) is 5.64. The van der Waals surface area contributed by atoms with Crippen molar-refractivity contribution in [1.29, 1.82) is 5.26 Å². The molecular weight excluding hydrogens is 290 g/mol. The summed E-state index contributed by atoms with van der Waals surface area (Å²) in [5.74, 6) is 0.561. The first-order chi connectivity index (χ1) is 11.2. The number of amides is 1. The minimum atomic E-state index is -0.0347. The van der Waals surface area contributed by atoms with E-state index in [0.29, 0.717) is 30.1 Å². The number of hydrogen-bond donors (Lipinski definition) is 0. The fourth-order valence-electron chi connectivity index (χ4n) is 2.57. The van der Waals surface area contributed by atoms with E-state index >= 15 is 0 Å². The predicted molar refractivity (Wildman–Crippen MR) is 85.1 cm³/mol. The molecule has 1 aromatic heterocycles. The summed E-state index contributed by atoms with van der Waals surface area (Å²) in [7, 11) is 0. The van der Waals surface area contributed by atoms with Gasteiger partial charge in [0, 0.05) is 30.8 Å². The van der Waals surface area contributed by atoms with Crippen LogP contribution in [0.15, 0.2) is 42.6 Å². The summed E-state index contributed by atoms with van der Waals surface area (Å²) in [5.41, 5.74) is 2.23. The normalized spacial score (nSPS) is 16.9. The van der Waals surface area contributed by atoms with Gasteiger partial charge in [-0.1, -0.05) is 6.07 Å². The first kappa shape index (κ1) is 15.0. The van der Waals surface area contributed by atoms with Crippen molar-refractivity contribution < 1.29 is 9.53 Å². The van der Waals surface area contributed by atoms with E-state index in [4.69, 9.17) is 10.00 Å². The molecule has 1 amide bonds. The van der Waals surface area contributed by atoms with Crippen molar-refractivity contribution in [2.45, 2.75) is 19.4 Å². The van der Waals surface area contributed by atoms with Gasteiger partial charge in [0.05, 0.1) is 18.2 Å². The summed E-state index contributed by atoms with van der Waals surface area (Å²) < 4.78 is 5.84. The zero-order chi connectivity index (χ0) is 16.2. The first-order valence-corrected chi connectivity index (χ1v) is 7.54. The molecule has 5 heteroatoms. The summed E-state index contributed by atoms with van der Waals surface area (Å²) in [6, 6.07) is 12.6. The highest BCUT2D eigenvalue weighted by Gasteiger charge is 2.28. The highest BCUT2D eigenvalue weighted by molar-refractivity contribution is 5.94. The fraction of sp³-hybridized carbons (Fsp3) is 0.278. The summed E-state index contributed by atoms with van der Waals surface area (Å²) >= 11 is 0. The molecule has 5 nitrogen and oxygen atoms in total. The van der Waals surface area contributed by atoms with Crippen LogP contribution in [0.25, 0.3) is 0 Å². The SMILES string of the molecule is Cc1ccc(OC2CCN(C(=O)c3ccc(C#N)cc3)C2)nc1. The van der Waals surface area contributed by atoms with Crippen molar-refractivity contribution in [3.05, 3.63) is 59.3 Å². The van der Waals surface area contributed by atoms with Gasteiger partial charge in [-0.05, 0) is 36.8 Å². The van der Waals surface area contributed by atoms with Crippen molar-refractivity contribution in [3.8, 4) is 11.9 Å². The van der Waals surface area contributed by atoms with Gasteiger partial charge in [0.1, 0.15) is 6.10 Å². The van der Waals surface area contributed by atoms with E-state index in [9.17, 15) is 4.79 Å². The Labute approximate surface area is 135 Å². The molecular formula is C18H17N3O2. The molecule has 1 aromatic carbocycles. The number of carbonyl (C=O) groups excluding carboxylic acids is 1. The molecule has 116 valence electrons. The Hall–Kier alpha value is -2.87. The van der Waals surface area contributed by atoms with Crippen molar-refractivity contribution in [2.24, 2.45) is 0 Å². The van der Waals surface area contributed by atoms with Gasteiger partial charge in [0.25, 0.3) is 5.91 Å². The van der Waals surface area contributed by atoms with Gasteiger partial charge in [0.15, 0.2) is 0 Å². The van der Waals surface area contributed by atoms with Crippen LogP contribution >= 0.6 is 0 Å². The Bertz CT molecular complexity index is 732. The third kappa shape index (κ3) is 3.49. The molecule has 0 radical (unpaired) electrons. The van der Waals surface area contributed by atoms with E-state index < -0.39 is 0 Å². The number of aromatic nitrogens is 1. The smallest absolute Gasteiger partial charge is 0.253 e. The number of rotatable bonds is 3. The molecule has 1 atom stereocenters. The standard InChI is InChI=1S/C18H17N3O2/c1-13-2-7-17(20-11-13)23-16-8-9-21(12-16)18(22)15-5-3-14(10-19)4-6-15/h2-7,11,16H,8-9,12H2,1H3. The van der Waals surface area contributed by atoms with Crippen LogP contribution in [0.4, 0.5) is 0 Å². The Morgan fingerprint density at radius 2 is 2.09 bits per heavy atom. The maximum absolute atomic E-state index is 12.5. The summed E-state index contributed by atoms with van der Waals surface area (Å²) in [6.07, 6.45) is 2.52. The van der Waals surface area contributed by atoms with Gasteiger partial charge in [-0.3, -0.25) is 4.79 Å². The number of ether oxygens (including phenoxy) is 1. The van der Waals surface area contributed by atoms with Crippen molar-refractivity contribution in [2.75, 3.05) is 13.1 Å². The van der Waals surface area contributed by atoms with Crippen LogP contribution in [0, 0.1) is 18.3 Å². The van der Waals surface area contributed by atoms with E-state index in [2.05, 4.69) is 4.98 Å². The van der Waals surface area contributed by atoms with Gasteiger partial charge in [-0.25, -0.2) is 4.98 Å². The number of hydrogen-bond acceptors (Lipinski definition) is 4.